The summed E-state index contributed by atoms with van der Waals surface area (Å²) < 4.78 is 47.6. The Kier molecular flexibility index (Phi) is 5.49. The molecule has 1 saturated heterocycles. The number of piperidine rings is 1. The highest BCUT2D eigenvalue weighted by Crippen LogP contribution is 2.27. The summed E-state index contributed by atoms with van der Waals surface area (Å²) in [6.45, 7) is 1.90. The van der Waals surface area contributed by atoms with Gasteiger partial charge in [-0.25, -0.2) is 9.18 Å². The Morgan fingerprint density at radius 2 is 1.91 bits per heavy atom. The molecule has 33 heavy (non-hydrogen) atoms. The first kappa shape index (κ1) is 21.4. The Labute approximate surface area is 186 Å². The molecular formula is C22H21F3N6O2. The number of halogens is 3. The van der Waals surface area contributed by atoms with Crippen molar-refractivity contribution in [3.63, 3.8) is 0 Å². The molecule has 0 unspecified atom stereocenters. The van der Waals surface area contributed by atoms with E-state index in [0.29, 0.717) is 22.3 Å². The van der Waals surface area contributed by atoms with Gasteiger partial charge in [-0.15, -0.1) is 10.2 Å². The maximum atomic E-state index is 14.1. The Hall–Kier alpha value is -3.47. The molecule has 0 N–H and O–H groups in total. The lowest BCUT2D eigenvalue weighted by atomic mass is 10.1. The van der Waals surface area contributed by atoms with Crippen LogP contribution in [0.3, 0.4) is 0 Å². The molecule has 1 aliphatic heterocycles. The maximum Gasteiger partial charge on any atom is 0.329 e. The van der Waals surface area contributed by atoms with E-state index in [1.165, 1.54) is 22.9 Å². The van der Waals surface area contributed by atoms with Crippen LogP contribution in [0.15, 0.2) is 45.7 Å². The molecule has 0 atom stereocenters. The van der Waals surface area contributed by atoms with Gasteiger partial charge < -0.3 is 9.32 Å². The molecule has 0 aliphatic carbocycles. The second-order valence-corrected chi connectivity index (χ2v) is 8.19. The number of hydrogen-bond acceptors (Lipinski definition) is 6. The Morgan fingerprint density at radius 3 is 2.58 bits per heavy atom. The zero-order valence-electron chi connectivity index (χ0n) is 17.8. The van der Waals surface area contributed by atoms with Crippen molar-refractivity contribution in [1.29, 1.82) is 0 Å². The third-order valence-corrected chi connectivity index (χ3v) is 6.00. The number of aromatic nitrogens is 5. The topological polar surface area (TPSA) is 82.0 Å². The standard InChI is InChI=1S/C22H21F3N6O2/c1-29-8-6-16(7-9-29)31-17-5-3-14(23)10-18(17)30(22(31)32)12-15-4-2-13(11-26-15)20-27-28-21(33-20)19(24)25/h2-5,10-11,16,19H,6-9,12H2,1H3. The fraction of sp³-hybridized carbons (Fsp3) is 0.364. The number of likely N-dealkylation sites (tertiary alicyclic amines) is 1. The Balaban J connectivity index is 1.48. The summed E-state index contributed by atoms with van der Waals surface area (Å²) in [5.41, 5.74) is 1.90. The molecule has 4 aromatic rings. The molecule has 172 valence electrons. The van der Waals surface area contributed by atoms with Crippen molar-refractivity contribution in [2.75, 3.05) is 20.1 Å². The zero-order valence-corrected chi connectivity index (χ0v) is 17.8. The molecule has 5 rings (SSSR count). The minimum Gasteiger partial charge on any atom is -0.415 e. The van der Waals surface area contributed by atoms with E-state index < -0.39 is 18.1 Å². The molecule has 0 radical (unpaired) electrons. The smallest absolute Gasteiger partial charge is 0.329 e. The van der Waals surface area contributed by atoms with Crippen LogP contribution in [-0.4, -0.2) is 49.4 Å². The monoisotopic (exact) mass is 458 g/mol. The van der Waals surface area contributed by atoms with E-state index in [1.807, 2.05) is 0 Å². The summed E-state index contributed by atoms with van der Waals surface area (Å²) in [5, 5.41) is 6.91. The first-order valence-corrected chi connectivity index (χ1v) is 10.6. The lowest BCUT2D eigenvalue weighted by Gasteiger charge is -2.29. The van der Waals surface area contributed by atoms with Crippen LogP contribution in [0.2, 0.25) is 0 Å². The maximum absolute atomic E-state index is 14.1. The molecule has 11 heteroatoms. The number of rotatable bonds is 5. The fourth-order valence-corrected chi connectivity index (χ4v) is 4.26. The highest BCUT2D eigenvalue weighted by molar-refractivity contribution is 5.76. The van der Waals surface area contributed by atoms with Crippen molar-refractivity contribution < 1.29 is 17.6 Å². The quantitative estimate of drug-likeness (QED) is 0.454. The molecular weight excluding hydrogens is 437 g/mol. The number of nitrogens with zero attached hydrogens (tertiary/aromatic N) is 6. The molecule has 1 fully saturated rings. The summed E-state index contributed by atoms with van der Waals surface area (Å²) in [5.74, 6) is -1.25. The van der Waals surface area contributed by atoms with Crippen LogP contribution in [0, 0.1) is 5.82 Å². The van der Waals surface area contributed by atoms with Crippen molar-refractivity contribution in [2.24, 2.45) is 0 Å². The second kappa shape index (κ2) is 8.47. The Bertz CT molecular complexity index is 1340. The third kappa shape index (κ3) is 4.04. The van der Waals surface area contributed by atoms with Crippen molar-refractivity contribution in [3.05, 3.63) is 64.4 Å². The highest BCUT2D eigenvalue weighted by Gasteiger charge is 2.24. The lowest BCUT2D eigenvalue weighted by Crippen LogP contribution is -2.36. The van der Waals surface area contributed by atoms with E-state index in [9.17, 15) is 18.0 Å². The predicted octanol–water partition coefficient (Wildman–Crippen LogP) is 3.64. The number of imidazole rings is 1. The molecule has 0 saturated carbocycles. The molecule has 3 aromatic heterocycles. The fourth-order valence-electron chi connectivity index (χ4n) is 4.26. The van der Waals surface area contributed by atoms with Crippen molar-refractivity contribution in [3.8, 4) is 11.5 Å². The van der Waals surface area contributed by atoms with E-state index in [1.54, 1.807) is 22.8 Å². The molecule has 1 aromatic carbocycles. The van der Waals surface area contributed by atoms with Gasteiger partial charge in [0, 0.05) is 12.2 Å². The van der Waals surface area contributed by atoms with Crippen LogP contribution in [0.5, 0.6) is 0 Å². The van der Waals surface area contributed by atoms with E-state index >= 15 is 0 Å². The van der Waals surface area contributed by atoms with Crippen molar-refractivity contribution >= 4 is 11.0 Å². The summed E-state index contributed by atoms with van der Waals surface area (Å²) >= 11 is 0. The SMILES string of the molecule is CN1CCC(n2c(=O)n(Cc3ccc(-c4nnc(C(F)F)o4)cn3)c3cc(F)ccc32)CC1. The average molecular weight is 458 g/mol. The molecule has 8 nitrogen and oxygen atoms in total. The van der Waals surface area contributed by atoms with Crippen LogP contribution in [-0.2, 0) is 6.54 Å². The summed E-state index contributed by atoms with van der Waals surface area (Å²) in [4.78, 5) is 19.9. The number of hydrogen-bond donors (Lipinski definition) is 0. The summed E-state index contributed by atoms with van der Waals surface area (Å²) in [6.07, 6.45) is 0.238. The van der Waals surface area contributed by atoms with E-state index in [0.717, 1.165) is 25.9 Å². The number of pyridine rings is 1. The van der Waals surface area contributed by atoms with Crippen molar-refractivity contribution in [1.82, 2.24) is 29.2 Å². The minimum absolute atomic E-state index is 0.0415. The zero-order chi connectivity index (χ0) is 23.1. The number of fused-ring (bicyclic) bond motifs is 1. The highest BCUT2D eigenvalue weighted by atomic mass is 19.3. The van der Waals surface area contributed by atoms with Crippen LogP contribution < -0.4 is 5.69 Å². The first-order chi connectivity index (χ1) is 15.9. The van der Waals surface area contributed by atoms with Gasteiger partial charge in [0.05, 0.1) is 28.8 Å². The van der Waals surface area contributed by atoms with Gasteiger partial charge in [-0.2, -0.15) is 8.78 Å². The van der Waals surface area contributed by atoms with Gasteiger partial charge in [-0.1, -0.05) is 0 Å². The second-order valence-electron chi connectivity index (χ2n) is 8.19. The number of alkyl halides is 2. The Morgan fingerprint density at radius 1 is 1.12 bits per heavy atom. The molecule has 1 aliphatic rings. The third-order valence-electron chi connectivity index (χ3n) is 6.00. The van der Waals surface area contributed by atoms with Gasteiger partial charge in [0.25, 0.3) is 5.89 Å². The minimum atomic E-state index is -2.85. The largest absolute Gasteiger partial charge is 0.415 e. The number of benzene rings is 1. The van der Waals surface area contributed by atoms with Gasteiger partial charge in [0.15, 0.2) is 0 Å². The van der Waals surface area contributed by atoms with Crippen LogP contribution in [0.1, 0.15) is 36.9 Å². The van der Waals surface area contributed by atoms with Crippen LogP contribution in [0.25, 0.3) is 22.5 Å². The molecule has 0 bridgehead atoms. The van der Waals surface area contributed by atoms with Gasteiger partial charge >= 0.3 is 12.1 Å². The van der Waals surface area contributed by atoms with Gasteiger partial charge in [-0.3, -0.25) is 14.1 Å². The summed E-state index contributed by atoms with van der Waals surface area (Å²) in [6, 6.07) is 7.66. The van der Waals surface area contributed by atoms with Gasteiger partial charge in [0.1, 0.15) is 5.82 Å². The van der Waals surface area contributed by atoms with Gasteiger partial charge in [-0.05, 0) is 63.3 Å². The van der Waals surface area contributed by atoms with Crippen molar-refractivity contribution in [2.45, 2.75) is 31.9 Å². The summed E-state index contributed by atoms with van der Waals surface area (Å²) in [7, 11) is 2.05. The molecule has 0 amide bonds. The van der Waals surface area contributed by atoms with E-state index in [-0.39, 0.29) is 24.2 Å². The molecule has 0 spiro atoms. The van der Waals surface area contributed by atoms with E-state index in [4.69, 9.17) is 4.42 Å². The van der Waals surface area contributed by atoms with Crippen LogP contribution >= 0.6 is 0 Å². The predicted molar refractivity (Wildman–Crippen MR) is 114 cm³/mol. The lowest BCUT2D eigenvalue weighted by molar-refractivity contribution is 0.116. The normalized spacial score (nSPS) is 15.7. The first-order valence-electron chi connectivity index (χ1n) is 10.6. The average Bonchev–Trinajstić information content (AvgIpc) is 3.39. The van der Waals surface area contributed by atoms with E-state index in [2.05, 4.69) is 27.1 Å². The van der Waals surface area contributed by atoms with Gasteiger partial charge in [0.2, 0.25) is 5.89 Å². The van der Waals surface area contributed by atoms with Crippen LogP contribution in [0.4, 0.5) is 13.2 Å². The molecule has 4 heterocycles.